The minimum atomic E-state index is -0.635. The van der Waals surface area contributed by atoms with Crippen LogP contribution in [-0.4, -0.2) is 40.0 Å². The van der Waals surface area contributed by atoms with Crippen LogP contribution in [0.25, 0.3) is 11.3 Å². The van der Waals surface area contributed by atoms with E-state index in [-0.39, 0.29) is 11.8 Å². The molecule has 0 bridgehead atoms. The van der Waals surface area contributed by atoms with Crippen LogP contribution in [0.2, 0.25) is 5.02 Å². The van der Waals surface area contributed by atoms with E-state index in [1.165, 1.54) is 0 Å². The zero-order chi connectivity index (χ0) is 18.0. The molecule has 0 saturated carbocycles. The fourth-order valence-electron chi connectivity index (χ4n) is 3.37. The maximum atomic E-state index is 12.8. The van der Waals surface area contributed by atoms with Gasteiger partial charge in [0.25, 0.3) is 5.91 Å². The third-order valence-electron chi connectivity index (χ3n) is 4.99. The van der Waals surface area contributed by atoms with Gasteiger partial charge in [0.1, 0.15) is 5.69 Å². The van der Waals surface area contributed by atoms with Gasteiger partial charge in [-0.1, -0.05) is 30.7 Å². The second-order valence-corrected chi connectivity index (χ2v) is 6.94. The number of likely N-dealkylation sites (tertiary alicyclic amines) is 1. The predicted octanol–water partition coefficient (Wildman–Crippen LogP) is 2.85. The summed E-state index contributed by atoms with van der Waals surface area (Å²) in [6.45, 7) is 2.90. The lowest BCUT2D eigenvalue weighted by atomic mass is 9.77. The van der Waals surface area contributed by atoms with Crippen molar-refractivity contribution < 1.29 is 9.59 Å². The minimum absolute atomic E-state index is 0.167. The molecule has 1 aromatic heterocycles. The lowest BCUT2D eigenvalue weighted by molar-refractivity contribution is -0.130. The van der Waals surface area contributed by atoms with E-state index < -0.39 is 5.41 Å². The molecule has 3 rings (SSSR count). The van der Waals surface area contributed by atoms with Crippen molar-refractivity contribution in [3.63, 3.8) is 0 Å². The number of amides is 2. The number of hydrogen-bond donors (Lipinski definition) is 2. The Kier molecular flexibility index (Phi) is 4.81. The van der Waals surface area contributed by atoms with Gasteiger partial charge in [0.15, 0.2) is 0 Å². The summed E-state index contributed by atoms with van der Waals surface area (Å²) in [6.07, 6.45) is 2.11. The Balaban J connectivity index is 1.81. The molecule has 2 amide bonds. The molecular weight excluding hydrogens is 340 g/mol. The van der Waals surface area contributed by atoms with Crippen molar-refractivity contribution in [1.29, 1.82) is 0 Å². The Morgan fingerprint density at radius 3 is 2.88 bits per heavy atom. The third-order valence-corrected chi connectivity index (χ3v) is 5.23. The van der Waals surface area contributed by atoms with Crippen molar-refractivity contribution in [2.75, 3.05) is 13.1 Å². The molecule has 3 N–H and O–H groups in total. The fraction of sp³-hybridized carbons (Fsp3) is 0.389. The largest absolute Gasteiger partial charge is 0.369 e. The van der Waals surface area contributed by atoms with E-state index in [9.17, 15) is 9.59 Å². The van der Waals surface area contributed by atoms with E-state index >= 15 is 0 Å². The normalized spacial score (nSPS) is 20.5. The molecule has 25 heavy (non-hydrogen) atoms. The van der Waals surface area contributed by atoms with Gasteiger partial charge in [-0.3, -0.25) is 14.7 Å². The number of halogens is 1. The lowest BCUT2D eigenvalue weighted by Crippen LogP contribution is -2.52. The number of H-pyrrole nitrogens is 1. The molecule has 0 spiro atoms. The van der Waals surface area contributed by atoms with E-state index in [0.29, 0.717) is 35.9 Å². The van der Waals surface area contributed by atoms with E-state index in [1.807, 2.05) is 19.1 Å². The second-order valence-electron chi connectivity index (χ2n) is 6.51. The number of hydrogen-bond acceptors (Lipinski definition) is 3. The zero-order valence-corrected chi connectivity index (χ0v) is 14.8. The zero-order valence-electron chi connectivity index (χ0n) is 14.1. The maximum Gasteiger partial charge on any atom is 0.271 e. The van der Waals surface area contributed by atoms with E-state index in [2.05, 4.69) is 10.2 Å². The molecule has 7 heteroatoms. The molecule has 1 fully saturated rings. The highest BCUT2D eigenvalue weighted by Gasteiger charge is 2.41. The summed E-state index contributed by atoms with van der Waals surface area (Å²) in [7, 11) is 0. The quantitative estimate of drug-likeness (QED) is 0.878. The van der Waals surface area contributed by atoms with E-state index in [0.717, 1.165) is 18.4 Å². The molecule has 1 atom stereocenters. The Labute approximate surface area is 151 Å². The monoisotopic (exact) mass is 360 g/mol. The molecule has 1 saturated heterocycles. The van der Waals surface area contributed by atoms with Gasteiger partial charge < -0.3 is 10.6 Å². The first-order chi connectivity index (χ1) is 11.9. The van der Waals surface area contributed by atoms with Gasteiger partial charge in [-0.05, 0) is 37.5 Å². The molecule has 2 heterocycles. The van der Waals surface area contributed by atoms with Crippen molar-refractivity contribution in [1.82, 2.24) is 15.1 Å². The first kappa shape index (κ1) is 17.5. The maximum absolute atomic E-state index is 12.8. The highest BCUT2D eigenvalue weighted by atomic mass is 35.5. The Morgan fingerprint density at radius 1 is 1.40 bits per heavy atom. The summed E-state index contributed by atoms with van der Waals surface area (Å²) in [6, 6.07) is 9.00. The van der Waals surface area contributed by atoms with Crippen molar-refractivity contribution in [3.05, 3.63) is 41.0 Å². The average Bonchev–Trinajstić information content (AvgIpc) is 3.11. The molecule has 0 aliphatic carbocycles. The number of nitrogens with two attached hydrogens (primary N) is 1. The minimum Gasteiger partial charge on any atom is -0.369 e. The van der Waals surface area contributed by atoms with Crippen LogP contribution in [-0.2, 0) is 4.79 Å². The number of benzene rings is 1. The number of primary amides is 1. The van der Waals surface area contributed by atoms with Crippen LogP contribution in [0.1, 0.15) is 36.7 Å². The van der Waals surface area contributed by atoms with Crippen LogP contribution < -0.4 is 5.73 Å². The van der Waals surface area contributed by atoms with E-state index in [1.54, 1.807) is 23.1 Å². The molecule has 2 aromatic rings. The SMILES string of the molecule is CCC1(C(N)=O)CCCN(C(=O)c2cc(-c3cccc(Cl)c3)n[nH]2)C1. The summed E-state index contributed by atoms with van der Waals surface area (Å²) >= 11 is 6.01. The molecule has 1 aromatic carbocycles. The number of carbonyl (C=O) groups is 2. The van der Waals surface area contributed by atoms with Gasteiger partial charge in [0.05, 0.1) is 11.1 Å². The Bertz CT molecular complexity index is 804. The number of carbonyl (C=O) groups excluding carboxylic acids is 2. The smallest absolute Gasteiger partial charge is 0.271 e. The molecule has 6 nitrogen and oxygen atoms in total. The summed E-state index contributed by atoms with van der Waals surface area (Å²) < 4.78 is 0. The van der Waals surface area contributed by atoms with Crippen LogP contribution in [0.15, 0.2) is 30.3 Å². The van der Waals surface area contributed by atoms with Crippen LogP contribution >= 0.6 is 11.6 Å². The number of nitrogens with one attached hydrogen (secondary N) is 1. The second kappa shape index (κ2) is 6.88. The van der Waals surface area contributed by atoms with Crippen molar-refractivity contribution in [2.24, 2.45) is 11.1 Å². The van der Waals surface area contributed by atoms with Crippen molar-refractivity contribution in [3.8, 4) is 11.3 Å². The number of piperidine rings is 1. The number of nitrogens with zero attached hydrogens (tertiary/aromatic N) is 2. The van der Waals surface area contributed by atoms with Gasteiger partial charge in [0, 0.05) is 23.7 Å². The topological polar surface area (TPSA) is 92.1 Å². The van der Waals surface area contributed by atoms with Crippen LogP contribution in [0.4, 0.5) is 0 Å². The first-order valence-corrected chi connectivity index (χ1v) is 8.73. The average molecular weight is 361 g/mol. The number of rotatable bonds is 4. The summed E-state index contributed by atoms with van der Waals surface area (Å²) in [5.74, 6) is -0.503. The van der Waals surface area contributed by atoms with Crippen LogP contribution in [0, 0.1) is 5.41 Å². The molecule has 1 aliphatic heterocycles. The Hall–Kier alpha value is -2.34. The van der Waals surface area contributed by atoms with E-state index in [4.69, 9.17) is 17.3 Å². The Morgan fingerprint density at radius 2 is 2.20 bits per heavy atom. The highest BCUT2D eigenvalue weighted by molar-refractivity contribution is 6.30. The summed E-state index contributed by atoms with van der Waals surface area (Å²) in [4.78, 5) is 26.4. The molecule has 1 aliphatic rings. The standard InChI is InChI=1S/C18H21ClN4O2/c1-2-18(17(20)25)7-4-8-23(11-18)16(24)15-10-14(21-22-15)12-5-3-6-13(19)9-12/h3,5-6,9-10H,2,4,7-8,11H2,1H3,(H2,20,25)(H,21,22). The van der Waals surface area contributed by atoms with Crippen molar-refractivity contribution in [2.45, 2.75) is 26.2 Å². The van der Waals surface area contributed by atoms with Crippen molar-refractivity contribution >= 4 is 23.4 Å². The molecule has 132 valence electrons. The number of aromatic nitrogens is 2. The first-order valence-electron chi connectivity index (χ1n) is 8.36. The highest BCUT2D eigenvalue weighted by Crippen LogP contribution is 2.33. The third kappa shape index (κ3) is 3.39. The fourth-order valence-corrected chi connectivity index (χ4v) is 3.56. The van der Waals surface area contributed by atoms with Crippen LogP contribution in [0.3, 0.4) is 0 Å². The van der Waals surface area contributed by atoms with Gasteiger partial charge in [0.2, 0.25) is 5.91 Å². The predicted molar refractivity (Wildman–Crippen MR) is 96.1 cm³/mol. The van der Waals surface area contributed by atoms with Gasteiger partial charge in [-0.2, -0.15) is 5.10 Å². The molecule has 1 unspecified atom stereocenters. The summed E-state index contributed by atoms with van der Waals surface area (Å²) in [5, 5.41) is 7.62. The number of aromatic amines is 1. The lowest BCUT2D eigenvalue weighted by Gasteiger charge is -2.40. The van der Waals surface area contributed by atoms with Gasteiger partial charge >= 0.3 is 0 Å². The summed E-state index contributed by atoms with van der Waals surface area (Å²) in [5.41, 5.74) is 6.85. The van der Waals surface area contributed by atoms with Crippen LogP contribution in [0.5, 0.6) is 0 Å². The van der Waals surface area contributed by atoms with Gasteiger partial charge in [-0.25, -0.2) is 0 Å². The molecular formula is C18H21ClN4O2. The molecule has 0 radical (unpaired) electrons. The van der Waals surface area contributed by atoms with Gasteiger partial charge in [-0.15, -0.1) is 0 Å².